The van der Waals surface area contributed by atoms with Gasteiger partial charge in [-0.25, -0.2) is 4.39 Å². The Balaban J connectivity index is 1.49. The maximum absolute atomic E-state index is 13.8. The molecule has 0 N–H and O–H groups in total. The highest BCUT2D eigenvalue weighted by Gasteiger charge is 2.23. The van der Waals surface area contributed by atoms with E-state index >= 15 is 0 Å². The van der Waals surface area contributed by atoms with Crippen LogP contribution in [0.15, 0.2) is 54.6 Å². The number of hydrogen-bond donors (Lipinski definition) is 0. The molecule has 0 radical (unpaired) electrons. The van der Waals surface area contributed by atoms with Gasteiger partial charge in [0.1, 0.15) is 5.82 Å². The van der Waals surface area contributed by atoms with Crippen LogP contribution in [0, 0.1) is 5.82 Å². The van der Waals surface area contributed by atoms with E-state index in [1.54, 1.807) is 29.2 Å². The van der Waals surface area contributed by atoms with Gasteiger partial charge in [-0.1, -0.05) is 42.5 Å². The van der Waals surface area contributed by atoms with Gasteiger partial charge in [-0.05, 0) is 12.1 Å². The first-order valence-corrected chi connectivity index (χ1v) is 8.50. The first kappa shape index (κ1) is 17.1. The highest BCUT2D eigenvalue weighted by atomic mass is 19.1. The Labute approximate surface area is 146 Å². The lowest BCUT2D eigenvalue weighted by Gasteiger charge is -2.36. The van der Waals surface area contributed by atoms with Crippen LogP contribution in [-0.2, 0) is 4.79 Å². The Morgan fingerprint density at radius 3 is 2.16 bits per heavy atom. The summed E-state index contributed by atoms with van der Waals surface area (Å²) in [4.78, 5) is 28.1. The van der Waals surface area contributed by atoms with Gasteiger partial charge in [-0.3, -0.25) is 9.59 Å². The summed E-state index contributed by atoms with van der Waals surface area (Å²) in [6, 6.07) is 15.7. The minimum Gasteiger partial charge on any atom is -0.366 e. The van der Waals surface area contributed by atoms with Crippen molar-refractivity contribution in [1.82, 2.24) is 4.90 Å². The number of Topliss-reactive ketones (excluding diaryl/α,β-unsaturated/α-hetero) is 1. The summed E-state index contributed by atoms with van der Waals surface area (Å²) >= 11 is 0. The lowest BCUT2D eigenvalue weighted by Crippen LogP contribution is -2.49. The van der Waals surface area contributed by atoms with Crippen LogP contribution in [-0.4, -0.2) is 42.8 Å². The maximum atomic E-state index is 13.8. The van der Waals surface area contributed by atoms with Crippen LogP contribution < -0.4 is 4.90 Å². The number of halogens is 1. The van der Waals surface area contributed by atoms with Crippen molar-refractivity contribution in [2.75, 3.05) is 31.1 Å². The van der Waals surface area contributed by atoms with Gasteiger partial charge in [-0.15, -0.1) is 0 Å². The summed E-state index contributed by atoms with van der Waals surface area (Å²) in [6.45, 7) is 2.29. The van der Waals surface area contributed by atoms with E-state index in [4.69, 9.17) is 0 Å². The van der Waals surface area contributed by atoms with Gasteiger partial charge >= 0.3 is 0 Å². The third-order valence-corrected chi connectivity index (χ3v) is 4.49. The molecular formula is C20H21FN2O2. The fraction of sp³-hybridized carbons (Fsp3) is 0.300. The standard InChI is InChI=1S/C20H21FN2O2/c21-17-8-4-5-9-18(17)22-12-14-23(15-13-22)20(25)11-10-19(24)16-6-2-1-3-7-16/h1-9H,10-15H2. The average molecular weight is 340 g/mol. The number of benzene rings is 2. The van der Waals surface area contributed by atoms with Crippen molar-refractivity contribution in [3.8, 4) is 0 Å². The molecule has 1 fully saturated rings. The molecule has 2 aromatic rings. The second-order valence-corrected chi connectivity index (χ2v) is 6.11. The number of nitrogens with zero attached hydrogens (tertiary/aromatic N) is 2. The second kappa shape index (κ2) is 7.92. The second-order valence-electron chi connectivity index (χ2n) is 6.11. The molecule has 0 unspecified atom stereocenters. The highest BCUT2D eigenvalue weighted by Crippen LogP contribution is 2.20. The molecule has 0 spiro atoms. The number of carbonyl (C=O) groups is 2. The predicted octanol–water partition coefficient (Wildman–Crippen LogP) is 3.14. The lowest BCUT2D eigenvalue weighted by molar-refractivity contribution is -0.131. The molecule has 5 heteroatoms. The van der Waals surface area contributed by atoms with Crippen molar-refractivity contribution in [3.05, 3.63) is 66.0 Å². The summed E-state index contributed by atoms with van der Waals surface area (Å²) in [6.07, 6.45) is 0.434. The number of rotatable bonds is 5. The largest absolute Gasteiger partial charge is 0.366 e. The summed E-state index contributed by atoms with van der Waals surface area (Å²) < 4.78 is 13.8. The van der Waals surface area contributed by atoms with Gasteiger partial charge in [0, 0.05) is 44.6 Å². The minimum absolute atomic E-state index is 0.0149. The lowest BCUT2D eigenvalue weighted by atomic mass is 10.1. The van der Waals surface area contributed by atoms with Crippen LogP contribution >= 0.6 is 0 Å². The van der Waals surface area contributed by atoms with Crippen LogP contribution in [0.2, 0.25) is 0 Å². The molecule has 130 valence electrons. The number of carbonyl (C=O) groups excluding carboxylic acids is 2. The molecule has 0 bridgehead atoms. The van der Waals surface area contributed by atoms with Gasteiger partial charge in [0.25, 0.3) is 0 Å². The fourth-order valence-corrected chi connectivity index (χ4v) is 3.05. The average Bonchev–Trinajstić information content (AvgIpc) is 2.67. The molecule has 1 heterocycles. The maximum Gasteiger partial charge on any atom is 0.223 e. The molecule has 1 aliphatic heterocycles. The first-order valence-electron chi connectivity index (χ1n) is 8.50. The Kier molecular flexibility index (Phi) is 5.43. The zero-order chi connectivity index (χ0) is 17.6. The van der Waals surface area contributed by atoms with Crippen molar-refractivity contribution in [2.24, 2.45) is 0 Å². The third-order valence-electron chi connectivity index (χ3n) is 4.49. The van der Waals surface area contributed by atoms with Crippen LogP contribution in [0.3, 0.4) is 0 Å². The van der Waals surface area contributed by atoms with E-state index in [0.29, 0.717) is 37.4 Å². The van der Waals surface area contributed by atoms with Crippen LogP contribution in [0.1, 0.15) is 23.2 Å². The minimum atomic E-state index is -0.240. The van der Waals surface area contributed by atoms with Crippen molar-refractivity contribution in [3.63, 3.8) is 0 Å². The molecule has 4 nitrogen and oxygen atoms in total. The molecule has 2 aromatic carbocycles. The van der Waals surface area contributed by atoms with Crippen molar-refractivity contribution in [1.29, 1.82) is 0 Å². The van der Waals surface area contributed by atoms with Gasteiger partial charge in [0.05, 0.1) is 5.69 Å². The van der Waals surface area contributed by atoms with E-state index in [1.165, 1.54) is 6.07 Å². The molecule has 1 amide bonds. The van der Waals surface area contributed by atoms with Gasteiger partial charge in [0.2, 0.25) is 5.91 Å². The highest BCUT2D eigenvalue weighted by molar-refractivity contribution is 5.97. The van der Waals surface area contributed by atoms with E-state index in [0.717, 1.165) is 0 Å². The third kappa shape index (κ3) is 4.24. The molecule has 0 aromatic heterocycles. The molecule has 0 aliphatic carbocycles. The Morgan fingerprint density at radius 2 is 1.48 bits per heavy atom. The fourth-order valence-electron chi connectivity index (χ4n) is 3.05. The molecule has 1 aliphatic rings. The quantitative estimate of drug-likeness (QED) is 0.785. The Morgan fingerprint density at radius 1 is 0.840 bits per heavy atom. The summed E-state index contributed by atoms with van der Waals surface area (Å²) in [7, 11) is 0. The topological polar surface area (TPSA) is 40.6 Å². The number of hydrogen-bond acceptors (Lipinski definition) is 3. The number of piperazine rings is 1. The summed E-state index contributed by atoms with van der Waals surface area (Å²) in [5.74, 6) is -0.271. The molecule has 25 heavy (non-hydrogen) atoms. The molecule has 0 atom stereocenters. The van der Waals surface area contributed by atoms with E-state index in [-0.39, 0.29) is 30.3 Å². The Hall–Kier alpha value is -2.69. The zero-order valence-electron chi connectivity index (χ0n) is 14.0. The Bertz CT molecular complexity index is 740. The normalized spacial score (nSPS) is 14.4. The van der Waals surface area contributed by atoms with Crippen LogP contribution in [0.5, 0.6) is 0 Å². The molecular weight excluding hydrogens is 319 g/mol. The van der Waals surface area contributed by atoms with E-state index in [2.05, 4.69) is 0 Å². The summed E-state index contributed by atoms with van der Waals surface area (Å²) in [5, 5.41) is 0. The number of amides is 1. The van der Waals surface area contributed by atoms with E-state index < -0.39 is 0 Å². The van der Waals surface area contributed by atoms with E-state index in [1.807, 2.05) is 29.2 Å². The monoisotopic (exact) mass is 340 g/mol. The van der Waals surface area contributed by atoms with Crippen molar-refractivity contribution in [2.45, 2.75) is 12.8 Å². The van der Waals surface area contributed by atoms with Crippen molar-refractivity contribution >= 4 is 17.4 Å². The van der Waals surface area contributed by atoms with Crippen molar-refractivity contribution < 1.29 is 14.0 Å². The smallest absolute Gasteiger partial charge is 0.223 e. The predicted molar refractivity (Wildman–Crippen MR) is 95.2 cm³/mol. The molecule has 0 saturated carbocycles. The summed E-state index contributed by atoms with van der Waals surface area (Å²) in [5.41, 5.74) is 1.22. The van der Waals surface area contributed by atoms with Crippen LogP contribution in [0.4, 0.5) is 10.1 Å². The molecule has 3 rings (SSSR count). The number of para-hydroxylation sites is 1. The number of anilines is 1. The van der Waals surface area contributed by atoms with Gasteiger partial charge < -0.3 is 9.80 Å². The SMILES string of the molecule is O=C(CCC(=O)N1CCN(c2ccccc2F)CC1)c1ccccc1. The van der Waals surface area contributed by atoms with Gasteiger partial charge in [0.15, 0.2) is 5.78 Å². The van der Waals surface area contributed by atoms with E-state index in [9.17, 15) is 14.0 Å². The number of ketones is 1. The van der Waals surface area contributed by atoms with Gasteiger partial charge in [-0.2, -0.15) is 0 Å². The molecule has 1 saturated heterocycles. The van der Waals surface area contributed by atoms with Crippen LogP contribution in [0.25, 0.3) is 0 Å². The zero-order valence-corrected chi connectivity index (χ0v) is 14.0. The first-order chi connectivity index (χ1) is 12.1.